The van der Waals surface area contributed by atoms with Gasteiger partial charge >= 0.3 is 0 Å². The van der Waals surface area contributed by atoms with Crippen molar-refractivity contribution < 1.29 is 27.4 Å². The molecule has 7 nitrogen and oxygen atoms in total. The molecule has 0 radical (unpaired) electrons. The van der Waals surface area contributed by atoms with E-state index >= 15 is 0 Å². The molecular formula is C34H28F3N3O4S. The fraction of sp³-hybridized carbons (Fsp3) is 0.206. The third-order valence-electron chi connectivity index (χ3n) is 7.20. The summed E-state index contributed by atoms with van der Waals surface area (Å²) in [5.74, 6) is -0.429. The average Bonchev–Trinajstić information content (AvgIpc) is 3.50. The molecule has 3 heterocycles. The molecule has 0 bridgehead atoms. The largest absolute Gasteiger partial charge is 0.454 e. The van der Waals surface area contributed by atoms with Crippen molar-refractivity contribution in [3.05, 3.63) is 135 Å². The van der Waals surface area contributed by atoms with Gasteiger partial charge in [0.25, 0.3) is 5.56 Å². The lowest BCUT2D eigenvalue weighted by molar-refractivity contribution is 0.0363. The topological polar surface area (TPSA) is 75.5 Å². The highest BCUT2D eigenvalue weighted by molar-refractivity contribution is 7.99. The minimum atomic E-state index is -0.890. The zero-order chi connectivity index (χ0) is 31.3. The Morgan fingerprint density at radius 2 is 1.76 bits per heavy atom. The number of halogens is 3. The van der Waals surface area contributed by atoms with E-state index in [0.717, 1.165) is 17.2 Å². The summed E-state index contributed by atoms with van der Waals surface area (Å²) in [7, 11) is 0. The maximum atomic E-state index is 14.9. The Labute approximate surface area is 261 Å². The van der Waals surface area contributed by atoms with E-state index in [0.29, 0.717) is 45.8 Å². The summed E-state index contributed by atoms with van der Waals surface area (Å²) >= 11 is 1.40. The smallest absolute Gasteiger partial charge is 0.286 e. The molecule has 0 spiro atoms. The molecule has 0 aliphatic carbocycles. The Morgan fingerprint density at radius 1 is 0.933 bits per heavy atom. The van der Waals surface area contributed by atoms with Crippen molar-refractivity contribution in [3.8, 4) is 22.8 Å². The summed E-state index contributed by atoms with van der Waals surface area (Å²) in [6.07, 6.45) is 1.78. The summed E-state index contributed by atoms with van der Waals surface area (Å²) in [6.45, 7) is 2.07. The van der Waals surface area contributed by atoms with Crippen LogP contribution in [0.3, 0.4) is 0 Å². The third-order valence-corrected chi connectivity index (χ3v) is 8.08. The van der Waals surface area contributed by atoms with Crippen LogP contribution in [0.4, 0.5) is 13.2 Å². The number of thioether (sulfide) groups is 1. The quantitative estimate of drug-likeness (QED) is 0.112. The fourth-order valence-corrected chi connectivity index (χ4v) is 5.83. The highest BCUT2D eigenvalue weighted by Crippen LogP contribution is 2.33. The minimum absolute atomic E-state index is 0.0189. The molecule has 1 aliphatic rings. The molecule has 230 valence electrons. The van der Waals surface area contributed by atoms with Gasteiger partial charge in [0.05, 0.1) is 24.9 Å². The maximum Gasteiger partial charge on any atom is 0.286 e. The molecule has 5 aromatic rings. The van der Waals surface area contributed by atoms with Crippen LogP contribution in [-0.2, 0) is 17.9 Å². The normalized spacial score (nSPS) is 12.8. The molecule has 0 saturated carbocycles. The van der Waals surface area contributed by atoms with E-state index in [1.165, 1.54) is 34.5 Å². The average molecular weight is 632 g/mol. The number of ether oxygens (including phenoxy) is 3. The molecule has 1 atom stereocenters. The van der Waals surface area contributed by atoms with E-state index in [2.05, 4.69) is 9.97 Å². The molecule has 0 N–H and O–H groups in total. The maximum absolute atomic E-state index is 14.9. The molecule has 0 fully saturated rings. The van der Waals surface area contributed by atoms with Crippen LogP contribution in [0.15, 0.2) is 95.0 Å². The zero-order valence-electron chi connectivity index (χ0n) is 24.2. The predicted molar refractivity (Wildman–Crippen MR) is 164 cm³/mol. The molecule has 6 rings (SSSR count). The Bertz CT molecular complexity index is 1890. The fourth-order valence-electron chi connectivity index (χ4n) is 4.95. The van der Waals surface area contributed by atoms with Gasteiger partial charge in [0.2, 0.25) is 6.79 Å². The monoisotopic (exact) mass is 631 g/mol. The van der Waals surface area contributed by atoms with Crippen LogP contribution in [0.2, 0.25) is 0 Å². The van der Waals surface area contributed by atoms with Gasteiger partial charge in [0.1, 0.15) is 11.6 Å². The Kier molecular flexibility index (Phi) is 9.18. The van der Waals surface area contributed by atoms with Gasteiger partial charge in [-0.2, -0.15) is 0 Å². The lowest BCUT2D eigenvalue weighted by Crippen LogP contribution is -2.23. The SMILES string of the molecule is Cc1cc(-c2cc(F)c(=O)n(Cc3ccc4c(c3)OCO4)c2)nc(SCCC(OCc2ccc(F)cc2F)c2ccccc2)n1. The number of aromatic nitrogens is 3. The summed E-state index contributed by atoms with van der Waals surface area (Å²) in [5, 5.41) is 0.482. The first kappa shape index (κ1) is 30.4. The molecule has 1 aliphatic heterocycles. The van der Waals surface area contributed by atoms with Gasteiger partial charge in [-0.05, 0) is 54.8 Å². The third kappa shape index (κ3) is 7.38. The van der Waals surface area contributed by atoms with E-state index in [4.69, 9.17) is 14.2 Å². The molecule has 3 aromatic carbocycles. The van der Waals surface area contributed by atoms with Crippen LogP contribution >= 0.6 is 11.8 Å². The van der Waals surface area contributed by atoms with Crippen molar-refractivity contribution in [2.45, 2.75) is 37.8 Å². The highest BCUT2D eigenvalue weighted by atomic mass is 32.2. The van der Waals surface area contributed by atoms with E-state index in [-0.39, 0.29) is 31.6 Å². The molecular weight excluding hydrogens is 603 g/mol. The van der Waals surface area contributed by atoms with Gasteiger partial charge in [-0.3, -0.25) is 4.79 Å². The lowest BCUT2D eigenvalue weighted by atomic mass is 10.1. The van der Waals surface area contributed by atoms with E-state index in [1.54, 1.807) is 30.5 Å². The molecule has 45 heavy (non-hydrogen) atoms. The predicted octanol–water partition coefficient (Wildman–Crippen LogP) is 7.25. The van der Waals surface area contributed by atoms with Crippen LogP contribution < -0.4 is 15.0 Å². The van der Waals surface area contributed by atoms with Crippen LogP contribution in [0.5, 0.6) is 11.5 Å². The standard InChI is InChI=1S/C34H28F3N3O4S/c1-21-13-29(25-15-28(37)33(41)40(18-25)17-22-7-10-31-32(14-22)44-20-43-31)39-34(38-21)45-12-11-30(23-5-3-2-4-6-23)42-19-24-8-9-26(35)16-27(24)36/h2-10,13-16,18,30H,11-12,17,19-20H2,1H3. The van der Waals surface area contributed by atoms with Gasteiger partial charge in [-0.25, -0.2) is 23.1 Å². The minimum Gasteiger partial charge on any atom is -0.454 e. The summed E-state index contributed by atoms with van der Waals surface area (Å²) in [5.41, 5.74) is 2.79. The lowest BCUT2D eigenvalue weighted by Gasteiger charge is -2.19. The van der Waals surface area contributed by atoms with Crippen LogP contribution in [0.25, 0.3) is 11.3 Å². The molecule has 2 aromatic heterocycles. The van der Waals surface area contributed by atoms with Crippen LogP contribution in [-0.4, -0.2) is 27.1 Å². The number of pyridine rings is 1. The Balaban J connectivity index is 1.17. The van der Waals surface area contributed by atoms with Crippen molar-refractivity contribution in [3.63, 3.8) is 0 Å². The van der Waals surface area contributed by atoms with Crippen LogP contribution in [0, 0.1) is 24.4 Å². The highest BCUT2D eigenvalue weighted by Gasteiger charge is 2.17. The number of rotatable bonds is 11. The van der Waals surface area contributed by atoms with Gasteiger partial charge < -0.3 is 18.8 Å². The first-order chi connectivity index (χ1) is 21.8. The first-order valence-corrected chi connectivity index (χ1v) is 15.2. The van der Waals surface area contributed by atoms with Gasteiger partial charge in [-0.1, -0.05) is 54.2 Å². The summed E-state index contributed by atoms with van der Waals surface area (Å²) in [4.78, 5) is 21.9. The molecule has 11 heteroatoms. The number of aryl methyl sites for hydroxylation is 1. The number of nitrogens with zero attached hydrogens (tertiary/aromatic N) is 3. The second-order valence-electron chi connectivity index (χ2n) is 10.5. The number of hydrogen-bond acceptors (Lipinski definition) is 7. The molecule has 1 unspecified atom stereocenters. The Hall–Kier alpha value is -4.61. The van der Waals surface area contributed by atoms with Crippen molar-refractivity contribution >= 4 is 11.8 Å². The van der Waals surface area contributed by atoms with Gasteiger partial charge in [-0.15, -0.1) is 0 Å². The molecule has 0 amide bonds. The number of hydrogen-bond donors (Lipinski definition) is 0. The number of fused-ring (bicyclic) bond motifs is 1. The van der Waals surface area contributed by atoms with Gasteiger partial charge in [0, 0.05) is 34.8 Å². The number of benzene rings is 3. The van der Waals surface area contributed by atoms with Crippen molar-refractivity contribution in [1.82, 2.24) is 14.5 Å². The zero-order valence-corrected chi connectivity index (χ0v) is 25.0. The van der Waals surface area contributed by atoms with Gasteiger partial charge in [0.15, 0.2) is 22.5 Å². The van der Waals surface area contributed by atoms with E-state index in [1.807, 2.05) is 37.3 Å². The van der Waals surface area contributed by atoms with E-state index < -0.39 is 23.0 Å². The van der Waals surface area contributed by atoms with Crippen molar-refractivity contribution in [2.24, 2.45) is 0 Å². The second-order valence-corrected chi connectivity index (χ2v) is 11.5. The summed E-state index contributed by atoms with van der Waals surface area (Å²) < 4.78 is 60.6. The second kappa shape index (κ2) is 13.6. The summed E-state index contributed by atoms with van der Waals surface area (Å²) in [6, 6.07) is 21.3. The van der Waals surface area contributed by atoms with Crippen molar-refractivity contribution in [1.29, 1.82) is 0 Å². The van der Waals surface area contributed by atoms with Crippen molar-refractivity contribution in [2.75, 3.05) is 12.5 Å². The van der Waals surface area contributed by atoms with Crippen LogP contribution in [0.1, 0.15) is 34.9 Å². The van der Waals surface area contributed by atoms with E-state index in [9.17, 15) is 18.0 Å². The Morgan fingerprint density at radius 3 is 2.58 bits per heavy atom. The first-order valence-electron chi connectivity index (χ1n) is 14.2. The molecule has 0 saturated heterocycles.